The second kappa shape index (κ2) is 7.09. The molecular weight excluding hydrogens is 322 g/mol. The van der Waals surface area contributed by atoms with Gasteiger partial charge in [-0.1, -0.05) is 24.3 Å². The Hall–Kier alpha value is -3.28. The largest absolute Gasteiger partial charge is 0.496 e. The second-order valence-electron chi connectivity index (χ2n) is 5.12. The molecule has 0 saturated carbocycles. The molecule has 1 aliphatic heterocycles. The van der Waals surface area contributed by atoms with Crippen LogP contribution in [-0.4, -0.2) is 33.2 Å². The smallest absolute Gasteiger partial charge is 0.363 e. The number of carbonyl (C=O) groups excluding carboxylic acids is 1. The van der Waals surface area contributed by atoms with E-state index in [9.17, 15) is 4.79 Å². The quantitative estimate of drug-likeness (QED) is 0.619. The molecule has 1 aliphatic rings. The van der Waals surface area contributed by atoms with Crippen LogP contribution in [0.2, 0.25) is 0 Å². The Labute approximate surface area is 145 Å². The molecular formula is C19H17NO5. The lowest BCUT2D eigenvalue weighted by Crippen LogP contribution is -2.08. The van der Waals surface area contributed by atoms with E-state index in [0.29, 0.717) is 22.8 Å². The summed E-state index contributed by atoms with van der Waals surface area (Å²) in [5.74, 6) is 1.24. The molecule has 25 heavy (non-hydrogen) atoms. The molecule has 1 heterocycles. The van der Waals surface area contributed by atoms with Gasteiger partial charge in [0.25, 0.3) is 0 Å². The Bertz CT molecular complexity index is 848. The predicted octanol–water partition coefficient (Wildman–Crippen LogP) is 3.06. The molecule has 2 aromatic rings. The first kappa shape index (κ1) is 16.6. The topological polar surface area (TPSA) is 66.3 Å². The van der Waals surface area contributed by atoms with E-state index in [2.05, 4.69) is 4.99 Å². The zero-order chi connectivity index (χ0) is 17.8. The molecule has 0 unspecified atom stereocenters. The van der Waals surface area contributed by atoms with Crippen LogP contribution in [-0.2, 0) is 9.53 Å². The van der Waals surface area contributed by atoms with Crippen molar-refractivity contribution in [3.8, 4) is 17.2 Å². The highest BCUT2D eigenvalue weighted by Crippen LogP contribution is 2.32. The third kappa shape index (κ3) is 3.19. The molecule has 128 valence electrons. The van der Waals surface area contributed by atoms with Crippen LogP contribution in [0.4, 0.5) is 0 Å². The Kier molecular flexibility index (Phi) is 4.70. The number of rotatable bonds is 5. The lowest BCUT2D eigenvalue weighted by molar-refractivity contribution is -0.129. The Morgan fingerprint density at radius 1 is 0.880 bits per heavy atom. The minimum Gasteiger partial charge on any atom is -0.496 e. The van der Waals surface area contributed by atoms with E-state index in [1.807, 2.05) is 18.2 Å². The number of hydrogen-bond donors (Lipinski definition) is 0. The van der Waals surface area contributed by atoms with Crippen molar-refractivity contribution in [3.63, 3.8) is 0 Å². The Morgan fingerprint density at radius 2 is 1.48 bits per heavy atom. The highest BCUT2D eigenvalue weighted by molar-refractivity contribution is 6.15. The summed E-state index contributed by atoms with van der Waals surface area (Å²) in [5, 5.41) is 0. The van der Waals surface area contributed by atoms with E-state index in [4.69, 9.17) is 18.9 Å². The van der Waals surface area contributed by atoms with Gasteiger partial charge in [-0.05, 0) is 24.3 Å². The van der Waals surface area contributed by atoms with Gasteiger partial charge in [-0.2, -0.15) is 0 Å². The monoisotopic (exact) mass is 339 g/mol. The van der Waals surface area contributed by atoms with E-state index in [-0.39, 0.29) is 11.6 Å². The van der Waals surface area contributed by atoms with Gasteiger partial charge >= 0.3 is 5.97 Å². The highest BCUT2D eigenvalue weighted by atomic mass is 16.6. The Morgan fingerprint density at radius 3 is 2.12 bits per heavy atom. The number of cyclic esters (lactones) is 1. The van der Waals surface area contributed by atoms with Crippen LogP contribution in [0.3, 0.4) is 0 Å². The summed E-state index contributed by atoms with van der Waals surface area (Å²) in [6.45, 7) is 0. The molecule has 6 nitrogen and oxygen atoms in total. The van der Waals surface area contributed by atoms with Crippen LogP contribution in [0.15, 0.2) is 53.2 Å². The number of benzene rings is 2. The summed E-state index contributed by atoms with van der Waals surface area (Å²) in [7, 11) is 4.63. The fourth-order valence-electron chi connectivity index (χ4n) is 2.51. The van der Waals surface area contributed by atoms with E-state index < -0.39 is 5.97 Å². The second-order valence-corrected chi connectivity index (χ2v) is 5.12. The molecule has 0 radical (unpaired) electrons. The van der Waals surface area contributed by atoms with Gasteiger partial charge in [0.1, 0.15) is 22.8 Å². The molecule has 0 atom stereocenters. The fraction of sp³-hybridized carbons (Fsp3) is 0.158. The van der Waals surface area contributed by atoms with Crippen LogP contribution in [0.1, 0.15) is 11.1 Å². The first-order valence-corrected chi connectivity index (χ1v) is 7.55. The molecule has 3 rings (SSSR count). The summed E-state index contributed by atoms with van der Waals surface area (Å²) in [6, 6.07) is 12.6. The highest BCUT2D eigenvalue weighted by Gasteiger charge is 2.29. The van der Waals surface area contributed by atoms with Crippen LogP contribution in [0, 0.1) is 0 Å². The van der Waals surface area contributed by atoms with E-state index in [1.165, 1.54) is 14.2 Å². The minimum atomic E-state index is -0.547. The molecule has 2 aromatic carbocycles. The van der Waals surface area contributed by atoms with Crippen molar-refractivity contribution in [1.82, 2.24) is 0 Å². The van der Waals surface area contributed by atoms with Crippen LogP contribution in [0.25, 0.3) is 6.08 Å². The number of aliphatic imine (C=N–C) groups is 1. The third-order valence-corrected chi connectivity index (χ3v) is 3.69. The molecule has 6 heteroatoms. The number of carbonyl (C=O) groups is 1. The lowest BCUT2D eigenvalue weighted by atomic mass is 10.1. The maximum Gasteiger partial charge on any atom is 0.363 e. The van der Waals surface area contributed by atoms with Gasteiger partial charge < -0.3 is 18.9 Å². The maximum atomic E-state index is 12.2. The van der Waals surface area contributed by atoms with Crippen molar-refractivity contribution in [1.29, 1.82) is 0 Å². The first-order valence-electron chi connectivity index (χ1n) is 7.55. The number of ether oxygens (including phenoxy) is 4. The van der Waals surface area contributed by atoms with Gasteiger partial charge in [-0.15, -0.1) is 0 Å². The molecule has 0 aromatic heterocycles. The van der Waals surface area contributed by atoms with E-state index in [0.717, 1.165) is 5.56 Å². The SMILES string of the molecule is COc1ccccc1/C=C1\N=C(c2c(OC)cccc2OC)OC1=O. The van der Waals surface area contributed by atoms with E-state index >= 15 is 0 Å². The maximum absolute atomic E-state index is 12.2. The summed E-state index contributed by atoms with van der Waals surface area (Å²) in [5.41, 5.74) is 1.39. The van der Waals surface area contributed by atoms with Crippen molar-refractivity contribution in [2.45, 2.75) is 0 Å². The number of para-hydroxylation sites is 1. The van der Waals surface area contributed by atoms with Crippen molar-refractivity contribution in [2.24, 2.45) is 4.99 Å². The third-order valence-electron chi connectivity index (χ3n) is 3.69. The zero-order valence-electron chi connectivity index (χ0n) is 14.1. The lowest BCUT2D eigenvalue weighted by Gasteiger charge is -2.11. The van der Waals surface area contributed by atoms with Gasteiger partial charge in [0, 0.05) is 5.56 Å². The van der Waals surface area contributed by atoms with Crippen LogP contribution >= 0.6 is 0 Å². The van der Waals surface area contributed by atoms with Crippen molar-refractivity contribution in [2.75, 3.05) is 21.3 Å². The Balaban J connectivity index is 2.06. The predicted molar refractivity (Wildman–Crippen MR) is 93.1 cm³/mol. The summed E-state index contributed by atoms with van der Waals surface area (Å²) in [4.78, 5) is 16.6. The number of hydrogen-bond acceptors (Lipinski definition) is 6. The van der Waals surface area contributed by atoms with Crippen LogP contribution < -0.4 is 14.2 Å². The number of esters is 1. The molecule has 0 bridgehead atoms. The average molecular weight is 339 g/mol. The molecule has 0 saturated heterocycles. The molecule has 0 spiro atoms. The van der Waals surface area contributed by atoms with Crippen molar-refractivity contribution in [3.05, 3.63) is 59.3 Å². The molecule has 0 fully saturated rings. The summed E-state index contributed by atoms with van der Waals surface area (Å²) in [6.07, 6.45) is 1.62. The molecule has 0 aliphatic carbocycles. The standard InChI is InChI=1S/C19H17NO5/c1-22-14-8-5-4-7-12(14)11-13-19(21)25-18(20-13)17-15(23-2)9-6-10-16(17)24-3/h4-11H,1-3H3/b13-11-. The van der Waals surface area contributed by atoms with Gasteiger partial charge in [-0.3, -0.25) is 0 Å². The van der Waals surface area contributed by atoms with Crippen LogP contribution in [0.5, 0.6) is 17.2 Å². The average Bonchev–Trinajstić information content (AvgIpc) is 3.01. The first-order chi connectivity index (χ1) is 12.2. The summed E-state index contributed by atoms with van der Waals surface area (Å²) >= 11 is 0. The van der Waals surface area contributed by atoms with Gasteiger partial charge in [0.05, 0.1) is 21.3 Å². The van der Waals surface area contributed by atoms with Crippen molar-refractivity contribution >= 4 is 17.9 Å². The fourth-order valence-corrected chi connectivity index (χ4v) is 2.51. The zero-order valence-corrected chi connectivity index (χ0v) is 14.1. The van der Waals surface area contributed by atoms with Gasteiger partial charge in [0.2, 0.25) is 5.90 Å². The minimum absolute atomic E-state index is 0.139. The van der Waals surface area contributed by atoms with Gasteiger partial charge in [-0.25, -0.2) is 9.79 Å². The van der Waals surface area contributed by atoms with E-state index in [1.54, 1.807) is 37.5 Å². The molecule has 0 amide bonds. The number of nitrogens with zero attached hydrogens (tertiary/aromatic N) is 1. The van der Waals surface area contributed by atoms with Crippen molar-refractivity contribution < 1.29 is 23.7 Å². The van der Waals surface area contributed by atoms with Gasteiger partial charge in [0.15, 0.2) is 5.70 Å². The normalized spacial score (nSPS) is 14.9. The molecule has 0 N–H and O–H groups in total. The number of methoxy groups -OCH3 is 3. The summed E-state index contributed by atoms with van der Waals surface area (Å²) < 4.78 is 21.3.